The summed E-state index contributed by atoms with van der Waals surface area (Å²) in [5, 5.41) is 0. The molecule has 0 heterocycles. The van der Waals surface area contributed by atoms with Crippen LogP contribution in [0.15, 0.2) is 54.6 Å². The Morgan fingerprint density at radius 2 is 1.70 bits per heavy atom. The van der Waals surface area contributed by atoms with Gasteiger partial charge in [0.15, 0.2) is 0 Å². The molecule has 2 aromatic carbocycles. The molecule has 0 spiro atoms. The number of nitrogens with one attached hydrogen (secondary N) is 1. The van der Waals surface area contributed by atoms with Crippen LogP contribution in [0.1, 0.15) is 15.9 Å². The Hall–Kier alpha value is -2.33. The first-order chi connectivity index (χ1) is 9.66. The van der Waals surface area contributed by atoms with E-state index in [1.54, 1.807) is 12.1 Å². The van der Waals surface area contributed by atoms with E-state index < -0.39 is 0 Å². The largest absolute Gasteiger partial charge is 0.378 e. The lowest BCUT2D eigenvalue weighted by molar-refractivity contribution is 0.0237. The highest BCUT2D eigenvalue weighted by Crippen LogP contribution is 2.12. The molecule has 4 nitrogen and oxygen atoms in total. The van der Waals surface area contributed by atoms with Crippen molar-refractivity contribution < 1.29 is 9.63 Å². The van der Waals surface area contributed by atoms with Crippen molar-refractivity contribution in [3.05, 3.63) is 65.7 Å². The number of anilines is 1. The van der Waals surface area contributed by atoms with E-state index in [0.29, 0.717) is 12.1 Å². The second-order valence-corrected chi connectivity index (χ2v) is 4.64. The van der Waals surface area contributed by atoms with Gasteiger partial charge in [0.25, 0.3) is 0 Å². The molecule has 104 valence electrons. The van der Waals surface area contributed by atoms with Crippen molar-refractivity contribution in [2.24, 2.45) is 0 Å². The van der Waals surface area contributed by atoms with Crippen molar-refractivity contribution in [3.8, 4) is 0 Å². The Morgan fingerprint density at radius 3 is 2.30 bits per heavy atom. The zero-order valence-corrected chi connectivity index (χ0v) is 11.7. The van der Waals surface area contributed by atoms with Crippen LogP contribution in [0.2, 0.25) is 0 Å². The van der Waals surface area contributed by atoms with E-state index in [-0.39, 0.29) is 5.97 Å². The molecule has 1 N–H and O–H groups in total. The van der Waals surface area contributed by atoms with Crippen molar-refractivity contribution in [2.45, 2.75) is 6.54 Å². The minimum Gasteiger partial charge on any atom is -0.378 e. The maximum atomic E-state index is 11.8. The Balaban J connectivity index is 1.85. The summed E-state index contributed by atoms with van der Waals surface area (Å²) in [6.07, 6.45) is 0. The molecule has 0 fully saturated rings. The second-order valence-electron chi connectivity index (χ2n) is 4.64. The highest BCUT2D eigenvalue weighted by Gasteiger charge is 2.07. The van der Waals surface area contributed by atoms with Gasteiger partial charge >= 0.3 is 5.97 Å². The van der Waals surface area contributed by atoms with E-state index in [1.165, 1.54) is 0 Å². The third-order valence-corrected chi connectivity index (χ3v) is 2.90. The van der Waals surface area contributed by atoms with Gasteiger partial charge in [-0.25, -0.2) is 4.79 Å². The van der Waals surface area contributed by atoms with Crippen molar-refractivity contribution in [1.29, 1.82) is 0 Å². The molecule has 0 aliphatic rings. The molecule has 0 aliphatic carbocycles. The first-order valence-electron chi connectivity index (χ1n) is 6.42. The zero-order valence-electron chi connectivity index (χ0n) is 11.7. The summed E-state index contributed by atoms with van der Waals surface area (Å²) in [4.78, 5) is 18.8. The summed E-state index contributed by atoms with van der Waals surface area (Å²) in [5.74, 6) is -0.383. The van der Waals surface area contributed by atoms with E-state index in [0.717, 1.165) is 11.3 Å². The number of hydrogen-bond donors (Lipinski definition) is 1. The third kappa shape index (κ3) is 3.83. The van der Waals surface area contributed by atoms with Crippen LogP contribution >= 0.6 is 0 Å². The fraction of sp³-hybridized carbons (Fsp3) is 0.188. The monoisotopic (exact) mass is 270 g/mol. The molecule has 20 heavy (non-hydrogen) atoms. The predicted octanol–water partition coefficient (Wildman–Crippen LogP) is 2.61. The van der Waals surface area contributed by atoms with E-state index >= 15 is 0 Å². The number of hydrogen-bond acceptors (Lipinski definition) is 4. The molecule has 0 atom stereocenters. The van der Waals surface area contributed by atoms with Gasteiger partial charge < -0.3 is 9.74 Å². The van der Waals surface area contributed by atoms with Gasteiger partial charge in [-0.05, 0) is 29.8 Å². The van der Waals surface area contributed by atoms with Crippen molar-refractivity contribution in [3.63, 3.8) is 0 Å². The molecule has 0 radical (unpaired) electrons. The number of benzene rings is 2. The van der Waals surface area contributed by atoms with Gasteiger partial charge in [-0.15, -0.1) is 5.48 Å². The molecular weight excluding hydrogens is 252 g/mol. The molecule has 0 saturated carbocycles. The Kier molecular flexibility index (Phi) is 4.74. The van der Waals surface area contributed by atoms with Gasteiger partial charge in [0.2, 0.25) is 0 Å². The number of hydroxylamine groups is 1. The SMILES string of the molecule is CN(C)c1ccc(C(=O)ONCc2ccccc2)cc1. The molecule has 0 unspecified atom stereocenters. The molecule has 2 aromatic rings. The average Bonchev–Trinajstić information content (AvgIpc) is 2.48. The highest BCUT2D eigenvalue weighted by atomic mass is 16.7. The molecule has 0 aromatic heterocycles. The Bertz CT molecular complexity index is 550. The summed E-state index contributed by atoms with van der Waals surface area (Å²) in [7, 11) is 3.91. The molecular formula is C16H18N2O2. The first-order valence-corrected chi connectivity index (χ1v) is 6.42. The van der Waals surface area contributed by atoms with Crippen LogP contribution in [0.25, 0.3) is 0 Å². The normalized spacial score (nSPS) is 10.1. The van der Waals surface area contributed by atoms with Crippen LogP contribution in [0, 0.1) is 0 Å². The van der Waals surface area contributed by atoms with Gasteiger partial charge in [0, 0.05) is 19.8 Å². The fourth-order valence-electron chi connectivity index (χ4n) is 1.74. The van der Waals surface area contributed by atoms with Crippen LogP contribution in [0.3, 0.4) is 0 Å². The van der Waals surface area contributed by atoms with Gasteiger partial charge in [0.1, 0.15) is 0 Å². The summed E-state index contributed by atoms with van der Waals surface area (Å²) in [6, 6.07) is 17.0. The van der Waals surface area contributed by atoms with Crippen LogP contribution in [-0.2, 0) is 11.4 Å². The number of carbonyl (C=O) groups is 1. The lowest BCUT2D eigenvalue weighted by Gasteiger charge is -2.12. The van der Waals surface area contributed by atoms with E-state index in [9.17, 15) is 4.79 Å². The fourth-order valence-corrected chi connectivity index (χ4v) is 1.74. The molecule has 0 aliphatic heterocycles. The number of nitrogens with zero attached hydrogens (tertiary/aromatic N) is 1. The van der Waals surface area contributed by atoms with Gasteiger partial charge in [0.05, 0.1) is 12.1 Å². The zero-order chi connectivity index (χ0) is 14.4. The van der Waals surface area contributed by atoms with Gasteiger partial charge in [-0.3, -0.25) is 0 Å². The van der Waals surface area contributed by atoms with Crippen molar-refractivity contribution >= 4 is 11.7 Å². The van der Waals surface area contributed by atoms with E-state index in [4.69, 9.17) is 4.84 Å². The molecule has 2 rings (SSSR count). The van der Waals surface area contributed by atoms with Crippen LogP contribution in [-0.4, -0.2) is 20.1 Å². The number of carbonyl (C=O) groups excluding carboxylic acids is 1. The maximum Gasteiger partial charge on any atom is 0.356 e. The average molecular weight is 270 g/mol. The third-order valence-electron chi connectivity index (χ3n) is 2.90. The Labute approximate surface area is 118 Å². The van der Waals surface area contributed by atoms with Gasteiger partial charge in [-0.2, -0.15) is 0 Å². The minimum absolute atomic E-state index is 0.383. The quantitative estimate of drug-likeness (QED) is 0.848. The summed E-state index contributed by atoms with van der Waals surface area (Å²) in [5.41, 5.74) is 5.30. The summed E-state index contributed by atoms with van der Waals surface area (Å²) >= 11 is 0. The summed E-state index contributed by atoms with van der Waals surface area (Å²) < 4.78 is 0. The first kappa shape index (κ1) is 14.1. The maximum absolute atomic E-state index is 11.8. The minimum atomic E-state index is -0.383. The van der Waals surface area contributed by atoms with Crippen LogP contribution in [0.4, 0.5) is 5.69 Å². The van der Waals surface area contributed by atoms with E-state index in [2.05, 4.69) is 5.48 Å². The smallest absolute Gasteiger partial charge is 0.356 e. The predicted molar refractivity (Wildman–Crippen MR) is 79.5 cm³/mol. The Morgan fingerprint density at radius 1 is 1.05 bits per heavy atom. The number of rotatable bonds is 5. The molecule has 0 saturated heterocycles. The van der Waals surface area contributed by atoms with Crippen LogP contribution < -0.4 is 10.4 Å². The van der Waals surface area contributed by atoms with Crippen molar-refractivity contribution in [1.82, 2.24) is 5.48 Å². The molecule has 4 heteroatoms. The molecule has 0 amide bonds. The van der Waals surface area contributed by atoms with E-state index in [1.807, 2.05) is 61.5 Å². The highest BCUT2D eigenvalue weighted by molar-refractivity contribution is 5.89. The van der Waals surface area contributed by atoms with Gasteiger partial charge in [-0.1, -0.05) is 30.3 Å². The second kappa shape index (κ2) is 6.73. The summed E-state index contributed by atoms with van der Waals surface area (Å²) in [6.45, 7) is 0.488. The van der Waals surface area contributed by atoms with Crippen molar-refractivity contribution in [2.75, 3.05) is 19.0 Å². The lowest BCUT2D eigenvalue weighted by Crippen LogP contribution is -2.19. The topological polar surface area (TPSA) is 41.6 Å². The van der Waals surface area contributed by atoms with Crippen LogP contribution in [0.5, 0.6) is 0 Å². The lowest BCUT2D eigenvalue weighted by atomic mass is 10.2. The molecule has 0 bridgehead atoms. The standard InChI is InChI=1S/C16H18N2O2/c1-18(2)15-10-8-14(9-11-15)16(19)20-17-12-13-6-4-3-5-7-13/h3-11,17H,12H2,1-2H3.